The van der Waals surface area contributed by atoms with Crippen LogP contribution < -0.4 is 5.32 Å². The number of nitrogens with one attached hydrogen (secondary N) is 1. The number of aromatic nitrogens is 2. The maximum atomic E-state index is 13.3. The number of benzene rings is 1. The Morgan fingerprint density at radius 2 is 2.11 bits per heavy atom. The van der Waals surface area contributed by atoms with Crippen LogP contribution in [0.1, 0.15) is 18.1 Å². The third-order valence-electron chi connectivity index (χ3n) is 2.67. The average molecular weight is 251 g/mol. The zero-order valence-corrected chi connectivity index (χ0v) is 10.2. The molecule has 18 heavy (non-hydrogen) atoms. The van der Waals surface area contributed by atoms with Crippen molar-refractivity contribution >= 4 is 0 Å². The van der Waals surface area contributed by atoms with E-state index in [1.807, 2.05) is 17.8 Å². The third-order valence-corrected chi connectivity index (χ3v) is 2.67. The van der Waals surface area contributed by atoms with Crippen LogP contribution in [0.2, 0.25) is 0 Å². The summed E-state index contributed by atoms with van der Waals surface area (Å²) in [6, 6.07) is 3.61. The largest absolute Gasteiger partial charge is 0.308 e. The van der Waals surface area contributed by atoms with Crippen LogP contribution in [-0.4, -0.2) is 9.78 Å². The van der Waals surface area contributed by atoms with Crippen molar-refractivity contribution in [1.29, 1.82) is 0 Å². The molecule has 1 heterocycles. The van der Waals surface area contributed by atoms with Crippen LogP contribution in [-0.2, 0) is 19.6 Å². The number of halogens is 2. The fourth-order valence-corrected chi connectivity index (χ4v) is 1.68. The van der Waals surface area contributed by atoms with Gasteiger partial charge in [-0.05, 0) is 13.0 Å². The number of hydrogen-bond acceptors (Lipinski definition) is 2. The number of hydrogen-bond donors (Lipinski definition) is 1. The Hall–Kier alpha value is -1.75. The molecule has 0 bridgehead atoms. The van der Waals surface area contributed by atoms with Crippen molar-refractivity contribution in [3.63, 3.8) is 0 Å². The number of rotatable bonds is 5. The van der Waals surface area contributed by atoms with E-state index in [9.17, 15) is 8.78 Å². The first-order valence-electron chi connectivity index (χ1n) is 5.85. The molecule has 3 nitrogen and oxygen atoms in total. The highest BCUT2D eigenvalue weighted by Crippen LogP contribution is 2.09. The molecule has 0 atom stereocenters. The topological polar surface area (TPSA) is 29.9 Å². The van der Waals surface area contributed by atoms with E-state index >= 15 is 0 Å². The molecule has 0 aliphatic carbocycles. The lowest BCUT2D eigenvalue weighted by Crippen LogP contribution is -2.13. The van der Waals surface area contributed by atoms with Gasteiger partial charge in [0.1, 0.15) is 11.6 Å². The summed E-state index contributed by atoms with van der Waals surface area (Å²) in [5.74, 6) is -1.08. The van der Waals surface area contributed by atoms with Crippen LogP contribution in [0.25, 0.3) is 0 Å². The fourth-order valence-electron chi connectivity index (χ4n) is 1.68. The Balaban J connectivity index is 1.88. The van der Waals surface area contributed by atoms with Gasteiger partial charge < -0.3 is 5.32 Å². The van der Waals surface area contributed by atoms with Gasteiger partial charge in [-0.3, -0.25) is 4.68 Å². The first kappa shape index (κ1) is 12.7. The van der Waals surface area contributed by atoms with E-state index in [1.54, 1.807) is 6.20 Å². The maximum Gasteiger partial charge on any atom is 0.130 e. The summed E-state index contributed by atoms with van der Waals surface area (Å²) in [6.45, 7) is 3.81. The summed E-state index contributed by atoms with van der Waals surface area (Å²) in [4.78, 5) is 0. The summed E-state index contributed by atoms with van der Waals surface area (Å²) in [5, 5.41) is 7.24. The van der Waals surface area contributed by atoms with E-state index in [4.69, 9.17) is 0 Å². The van der Waals surface area contributed by atoms with E-state index in [2.05, 4.69) is 10.4 Å². The van der Waals surface area contributed by atoms with Crippen LogP contribution in [0.5, 0.6) is 0 Å². The maximum absolute atomic E-state index is 13.3. The minimum Gasteiger partial charge on any atom is -0.308 e. The molecule has 1 aromatic carbocycles. The molecule has 0 fully saturated rings. The summed E-state index contributed by atoms with van der Waals surface area (Å²) in [6.07, 6.45) is 3.71. The molecule has 0 unspecified atom stereocenters. The van der Waals surface area contributed by atoms with Crippen LogP contribution >= 0.6 is 0 Å². The van der Waals surface area contributed by atoms with Crippen molar-refractivity contribution < 1.29 is 8.78 Å². The van der Waals surface area contributed by atoms with E-state index < -0.39 is 11.6 Å². The van der Waals surface area contributed by atoms with Gasteiger partial charge in [0.25, 0.3) is 0 Å². The predicted molar refractivity (Wildman–Crippen MR) is 64.8 cm³/mol. The monoisotopic (exact) mass is 251 g/mol. The lowest BCUT2D eigenvalue weighted by atomic mass is 10.2. The van der Waals surface area contributed by atoms with Crippen molar-refractivity contribution in [2.45, 2.75) is 26.6 Å². The predicted octanol–water partition coefficient (Wildman–Crippen LogP) is 2.47. The molecule has 0 aliphatic heterocycles. The van der Waals surface area contributed by atoms with Gasteiger partial charge in [0.05, 0.1) is 6.20 Å². The number of aryl methyl sites for hydroxylation is 1. The molecular formula is C13H15F2N3. The third kappa shape index (κ3) is 3.13. The smallest absolute Gasteiger partial charge is 0.130 e. The van der Waals surface area contributed by atoms with E-state index in [0.29, 0.717) is 18.7 Å². The average Bonchev–Trinajstić information content (AvgIpc) is 2.80. The Morgan fingerprint density at radius 1 is 1.28 bits per heavy atom. The minimum absolute atomic E-state index is 0.365. The SMILES string of the molecule is CCn1cc(CNCc2ccc(F)cc2F)cn1. The first-order valence-corrected chi connectivity index (χ1v) is 5.85. The molecule has 96 valence electrons. The molecule has 0 spiro atoms. The lowest BCUT2D eigenvalue weighted by molar-refractivity contribution is 0.560. The summed E-state index contributed by atoms with van der Waals surface area (Å²) >= 11 is 0. The van der Waals surface area contributed by atoms with Crippen molar-refractivity contribution in [1.82, 2.24) is 15.1 Å². The fraction of sp³-hybridized carbons (Fsp3) is 0.308. The molecule has 1 aromatic heterocycles. The van der Waals surface area contributed by atoms with Crippen molar-refractivity contribution in [2.24, 2.45) is 0 Å². The molecule has 0 radical (unpaired) electrons. The molecule has 0 aliphatic rings. The zero-order chi connectivity index (χ0) is 13.0. The minimum atomic E-state index is -0.555. The zero-order valence-electron chi connectivity index (χ0n) is 10.2. The Labute approximate surface area is 104 Å². The summed E-state index contributed by atoms with van der Waals surface area (Å²) < 4.78 is 27.9. The Bertz CT molecular complexity index is 523. The molecule has 5 heteroatoms. The van der Waals surface area contributed by atoms with Crippen LogP contribution in [0.4, 0.5) is 8.78 Å². The summed E-state index contributed by atoms with van der Waals surface area (Å²) in [7, 11) is 0. The summed E-state index contributed by atoms with van der Waals surface area (Å²) in [5.41, 5.74) is 1.50. The van der Waals surface area contributed by atoms with Gasteiger partial charge in [-0.2, -0.15) is 5.10 Å². The van der Waals surface area contributed by atoms with Crippen LogP contribution in [0, 0.1) is 11.6 Å². The van der Waals surface area contributed by atoms with Crippen molar-refractivity contribution in [2.75, 3.05) is 0 Å². The molecule has 2 rings (SSSR count). The second-order valence-corrected chi connectivity index (χ2v) is 4.04. The van der Waals surface area contributed by atoms with Gasteiger partial charge in [0.15, 0.2) is 0 Å². The lowest BCUT2D eigenvalue weighted by Gasteiger charge is -2.04. The molecule has 0 amide bonds. The molecule has 0 saturated heterocycles. The van der Waals surface area contributed by atoms with E-state index in [0.717, 1.165) is 18.2 Å². The van der Waals surface area contributed by atoms with Gasteiger partial charge in [-0.25, -0.2) is 8.78 Å². The van der Waals surface area contributed by atoms with Gasteiger partial charge in [-0.1, -0.05) is 6.07 Å². The van der Waals surface area contributed by atoms with Crippen molar-refractivity contribution in [3.05, 3.63) is 53.4 Å². The standard InChI is InChI=1S/C13H15F2N3/c1-2-18-9-10(7-17-18)6-16-8-11-3-4-12(14)5-13(11)15/h3-5,7,9,16H,2,6,8H2,1H3. The van der Waals surface area contributed by atoms with Gasteiger partial charge in [0, 0.05) is 43.0 Å². The molecular weight excluding hydrogens is 236 g/mol. The van der Waals surface area contributed by atoms with Crippen LogP contribution in [0.15, 0.2) is 30.6 Å². The molecule has 2 aromatic rings. The van der Waals surface area contributed by atoms with Gasteiger partial charge >= 0.3 is 0 Å². The molecule has 1 N–H and O–H groups in total. The quantitative estimate of drug-likeness (QED) is 0.884. The van der Waals surface area contributed by atoms with Crippen LogP contribution in [0.3, 0.4) is 0 Å². The van der Waals surface area contributed by atoms with Gasteiger partial charge in [-0.15, -0.1) is 0 Å². The highest BCUT2D eigenvalue weighted by molar-refractivity contribution is 5.18. The normalized spacial score (nSPS) is 10.8. The second-order valence-electron chi connectivity index (χ2n) is 4.04. The van der Waals surface area contributed by atoms with Gasteiger partial charge in [0.2, 0.25) is 0 Å². The van der Waals surface area contributed by atoms with E-state index in [1.165, 1.54) is 12.1 Å². The Morgan fingerprint density at radius 3 is 2.78 bits per heavy atom. The first-order chi connectivity index (χ1) is 8.69. The van der Waals surface area contributed by atoms with E-state index in [-0.39, 0.29) is 0 Å². The second kappa shape index (κ2) is 5.73. The number of nitrogens with zero attached hydrogens (tertiary/aromatic N) is 2. The Kier molecular flexibility index (Phi) is 4.04. The molecule has 0 saturated carbocycles. The highest BCUT2D eigenvalue weighted by Gasteiger charge is 2.03. The highest BCUT2D eigenvalue weighted by atomic mass is 19.1. The van der Waals surface area contributed by atoms with Crippen molar-refractivity contribution in [3.8, 4) is 0 Å².